The summed E-state index contributed by atoms with van der Waals surface area (Å²) < 4.78 is 11.3. The Hall–Kier alpha value is -2.81. The van der Waals surface area contributed by atoms with Crippen molar-refractivity contribution in [1.29, 1.82) is 0 Å². The summed E-state index contributed by atoms with van der Waals surface area (Å²) in [6.45, 7) is 6.36. The number of aryl methyl sites for hydroxylation is 1. The van der Waals surface area contributed by atoms with Crippen molar-refractivity contribution in [2.24, 2.45) is 0 Å². The quantitative estimate of drug-likeness (QED) is 0.268. The minimum Gasteiger partial charge on any atom is -0.493 e. The Morgan fingerprint density at radius 3 is 2.50 bits per heavy atom. The lowest BCUT2D eigenvalue weighted by Crippen LogP contribution is -2.07. The Bertz CT molecular complexity index is 880. The smallest absolute Gasteiger partial charge is 0.333 e. The molecule has 0 amide bonds. The second-order valence-corrected chi connectivity index (χ2v) is 7.90. The van der Waals surface area contributed by atoms with Crippen molar-refractivity contribution in [3.63, 3.8) is 0 Å². The van der Waals surface area contributed by atoms with Crippen molar-refractivity contribution >= 4 is 17.6 Å². The first-order chi connectivity index (χ1) is 14.6. The molecule has 30 heavy (non-hydrogen) atoms. The maximum Gasteiger partial charge on any atom is 0.333 e. The molecule has 0 spiro atoms. The number of hydrogen-bond donors (Lipinski definition) is 0. The van der Waals surface area contributed by atoms with Gasteiger partial charge < -0.3 is 9.47 Å². The van der Waals surface area contributed by atoms with Crippen LogP contribution in [0.4, 0.5) is 0 Å². The molecule has 2 aromatic rings. The van der Waals surface area contributed by atoms with Crippen LogP contribution in [0.3, 0.4) is 0 Å². The highest BCUT2D eigenvalue weighted by molar-refractivity contribution is 5.87. The van der Waals surface area contributed by atoms with Crippen LogP contribution in [0.2, 0.25) is 0 Å². The lowest BCUT2D eigenvalue weighted by molar-refractivity contribution is -0.139. The minimum absolute atomic E-state index is 0.310. The number of esters is 1. The van der Waals surface area contributed by atoms with Crippen LogP contribution in [0, 0.1) is 0 Å². The van der Waals surface area contributed by atoms with Crippen LogP contribution < -0.4 is 4.74 Å². The third kappa shape index (κ3) is 6.35. The molecule has 0 saturated carbocycles. The summed E-state index contributed by atoms with van der Waals surface area (Å²) >= 11 is 0. The summed E-state index contributed by atoms with van der Waals surface area (Å²) in [5, 5.41) is 0. The van der Waals surface area contributed by atoms with Crippen LogP contribution in [0.15, 0.2) is 60.7 Å². The SMILES string of the molecule is C=C(C)C(=O)OCCCCCOc1cccc2c1/C=C(/c1ccccc1)CCCC2. The van der Waals surface area contributed by atoms with E-state index in [1.165, 1.54) is 35.1 Å². The van der Waals surface area contributed by atoms with E-state index in [2.05, 4.69) is 61.2 Å². The zero-order valence-electron chi connectivity index (χ0n) is 18.0. The van der Waals surface area contributed by atoms with Crippen molar-refractivity contribution in [3.05, 3.63) is 77.4 Å². The molecule has 0 heterocycles. The molecular weight excluding hydrogens is 372 g/mol. The van der Waals surface area contributed by atoms with E-state index in [0.29, 0.717) is 18.8 Å². The second-order valence-electron chi connectivity index (χ2n) is 7.90. The zero-order valence-corrected chi connectivity index (χ0v) is 18.0. The molecular formula is C27H32O3. The molecule has 0 N–H and O–H groups in total. The topological polar surface area (TPSA) is 35.5 Å². The normalized spacial score (nSPS) is 15.2. The summed E-state index contributed by atoms with van der Waals surface area (Å²) in [5.41, 5.74) is 5.72. The number of fused-ring (bicyclic) bond motifs is 1. The third-order valence-electron chi connectivity index (χ3n) is 5.39. The summed E-state index contributed by atoms with van der Waals surface area (Å²) in [6.07, 6.45) is 9.67. The summed E-state index contributed by atoms with van der Waals surface area (Å²) in [4.78, 5) is 11.4. The molecule has 1 aliphatic carbocycles. The molecule has 2 aromatic carbocycles. The minimum atomic E-state index is -0.310. The van der Waals surface area contributed by atoms with Gasteiger partial charge in [-0.1, -0.05) is 49.0 Å². The number of rotatable bonds is 9. The Kier molecular flexibility index (Phi) is 8.31. The highest BCUT2D eigenvalue weighted by atomic mass is 16.5. The molecule has 0 bridgehead atoms. The van der Waals surface area contributed by atoms with E-state index in [0.717, 1.165) is 37.9 Å². The molecule has 1 aliphatic rings. The van der Waals surface area contributed by atoms with Gasteiger partial charge in [0.15, 0.2) is 0 Å². The van der Waals surface area contributed by atoms with E-state index in [9.17, 15) is 4.79 Å². The van der Waals surface area contributed by atoms with Gasteiger partial charge in [0, 0.05) is 11.1 Å². The van der Waals surface area contributed by atoms with Crippen LogP contribution in [0.1, 0.15) is 62.1 Å². The number of benzene rings is 2. The Balaban J connectivity index is 1.60. The predicted octanol–water partition coefficient (Wildman–Crippen LogP) is 6.62. The number of hydrogen-bond acceptors (Lipinski definition) is 3. The van der Waals surface area contributed by atoms with Gasteiger partial charge in [-0.3, -0.25) is 0 Å². The summed E-state index contributed by atoms with van der Waals surface area (Å²) in [5.74, 6) is 0.659. The lowest BCUT2D eigenvalue weighted by Gasteiger charge is -2.18. The maximum atomic E-state index is 11.4. The number of allylic oxidation sites excluding steroid dienone is 1. The van der Waals surface area contributed by atoms with Crippen LogP contribution in [-0.2, 0) is 16.0 Å². The fraction of sp³-hybridized carbons (Fsp3) is 0.370. The van der Waals surface area contributed by atoms with Gasteiger partial charge in [-0.2, -0.15) is 0 Å². The molecule has 0 unspecified atom stereocenters. The van der Waals surface area contributed by atoms with Gasteiger partial charge in [0.25, 0.3) is 0 Å². The highest BCUT2D eigenvalue weighted by Crippen LogP contribution is 2.33. The van der Waals surface area contributed by atoms with Crippen LogP contribution in [0.5, 0.6) is 5.75 Å². The van der Waals surface area contributed by atoms with E-state index in [4.69, 9.17) is 9.47 Å². The van der Waals surface area contributed by atoms with Crippen molar-refractivity contribution < 1.29 is 14.3 Å². The second kappa shape index (κ2) is 11.4. The molecule has 3 nitrogen and oxygen atoms in total. The van der Waals surface area contributed by atoms with Crippen molar-refractivity contribution in [3.8, 4) is 5.75 Å². The van der Waals surface area contributed by atoms with E-state index >= 15 is 0 Å². The van der Waals surface area contributed by atoms with Crippen LogP contribution >= 0.6 is 0 Å². The Labute approximate surface area is 180 Å². The first-order valence-electron chi connectivity index (χ1n) is 11.0. The molecule has 0 radical (unpaired) electrons. The van der Waals surface area contributed by atoms with Gasteiger partial charge in [-0.15, -0.1) is 0 Å². The average molecular weight is 405 g/mol. The van der Waals surface area contributed by atoms with Gasteiger partial charge in [0.05, 0.1) is 13.2 Å². The van der Waals surface area contributed by atoms with Gasteiger partial charge in [-0.05, 0) is 80.7 Å². The Morgan fingerprint density at radius 2 is 1.70 bits per heavy atom. The number of ether oxygens (including phenoxy) is 2. The third-order valence-corrected chi connectivity index (χ3v) is 5.39. The Morgan fingerprint density at radius 1 is 0.933 bits per heavy atom. The molecule has 0 saturated heterocycles. The van der Waals surface area contributed by atoms with Crippen LogP contribution in [-0.4, -0.2) is 19.2 Å². The highest BCUT2D eigenvalue weighted by Gasteiger charge is 2.13. The van der Waals surface area contributed by atoms with Gasteiger partial charge >= 0.3 is 5.97 Å². The molecule has 0 atom stereocenters. The van der Waals surface area contributed by atoms with E-state index in [1.807, 2.05) is 0 Å². The first-order valence-corrected chi connectivity index (χ1v) is 11.0. The fourth-order valence-electron chi connectivity index (χ4n) is 3.71. The van der Waals surface area contributed by atoms with E-state index < -0.39 is 0 Å². The number of unbranched alkanes of at least 4 members (excludes halogenated alkanes) is 2. The monoisotopic (exact) mass is 404 g/mol. The van der Waals surface area contributed by atoms with Crippen LogP contribution in [0.25, 0.3) is 11.6 Å². The number of carbonyl (C=O) groups is 1. The zero-order chi connectivity index (χ0) is 21.2. The molecule has 3 heteroatoms. The first kappa shape index (κ1) is 21.9. The summed E-state index contributed by atoms with van der Waals surface area (Å²) in [6, 6.07) is 17.1. The van der Waals surface area contributed by atoms with Gasteiger partial charge in [0.1, 0.15) is 5.75 Å². The molecule has 0 aliphatic heterocycles. The van der Waals surface area contributed by atoms with Crippen molar-refractivity contribution in [1.82, 2.24) is 0 Å². The van der Waals surface area contributed by atoms with Crippen molar-refractivity contribution in [2.45, 2.75) is 51.9 Å². The standard InChI is InChI=1S/C27H32O3/c1-21(2)27(28)30-19-10-4-9-18-29-26-17-11-16-23-14-7-8-15-24(20-25(23)26)22-12-5-3-6-13-22/h3,5-6,11-13,16-17,20H,1,4,7-10,14-15,18-19H2,2H3/b24-20+. The molecule has 0 fully saturated rings. The largest absolute Gasteiger partial charge is 0.493 e. The van der Waals surface area contributed by atoms with Gasteiger partial charge in [0.2, 0.25) is 0 Å². The number of carbonyl (C=O) groups excluding carboxylic acids is 1. The lowest BCUT2D eigenvalue weighted by atomic mass is 9.90. The molecule has 158 valence electrons. The maximum absolute atomic E-state index is 11.4. The molecule has 0 aromatic heterocycles. The average Bonchev–Trinajstić information content (AvgIpc) is 2.74. The molecule has 3 rings (SSSR count). The fourth-order valence-corrected chi connectivity index (χ4v) is 3.71. The summed E-state index contributed by atoms with van der Waals surface area (Å²) in [7, 11) is 0. The predicted molar refractivity (Wildman–Crippen MR) is 123 cm³/mol. The van der Waals surface area contributed by atoms with E-state index in [1.54, 1.807) is 6.92 Å². The van der Waals surface area contributed by atoms with Crippen molar-refractivity contribution in [2.75, 3.05) is 13.2 Å². The van der Waals surface area contributed by atoms with E-state index in [-0.39, 0.29) is 5.97 Å². The van der Waals surface area contributed by atoms with Gasteiger partial charge in [-0.25, -0.2) is 4.79 Å².